The number of carbonyl (C=O) groups is 2. The van der Waals surface area contributed by atoms with Crippen molar-refractivity contribution in [1.82, 2.24) is 19.8 Å². The Hall–Kier alpha value is -3.67. The summed E-state index contributed by atoms with van der Waals surface area (Å²) in [6, 6.07) is 4.55. The van der Waals surface area contributed by atoms with Gasteiger partial charge in [-0.25, -0.2) is 9.97 Å². The van der Waals surface area contributed by atoms with Crippen LogP contribution in [0.25, 0.3) is 22.4 Å². The van der Waals surface area contributed by atoms with Gasteiger partial charge >= 0.3 is 6.18 Å². The van der Waals surface area contributed by atoms with E-state index in [4.69, 9.17) is 14.9 Å². The van der Waals surface area contributed by atoms with Gasteiger partial charge < -0.3 is 24.7 Å². The molecule has 2 fully saturated rings. The van der Waals surface area contributed by atoms with E-state index in [1.54, 1.807) is 17.9 Å². The molecule has 2 N–H and O–H groups in total. The van der Waals surface area contributed by atoms with Crippen LogP contribution in [0.3, 0.4) is 0 Å². The average Bonchev–Trinajstić information content (AvgIpc) is 3.41. The molecule has 2 aromatic heterocycles. The molecule has 0 radical (unpaired) electrons. The van der Waals surface area contributed by atoms with Gasteiger partial charge in [0, 0.05) is 42.5 Å². The highest BCUT2D eigenvalue weighted by atomic mass is 19.4. The molecule has 0 unspecified atom stereocenters. The lowest BCUT2D eigenvalue weighted by Crippen LogP contribution is -2.54. The van der Waals surface area contributed by atoms with Gasteiger partial charge in [0.15, 0.2) is 11.5 Å². The molecule has 5 rings (SSSR count). The topological polar surface area (TPSA) is 115 Å². The zero-order chi connectivity index (χ0) is 29.5. The number of hydrogen-bond donors (Lipinski definition) is 1. The fourth-order valence-electron chi connectivity index (χ4n) is 5.80. The standard InChI is InChI=1S/C29H34F3N5O4/c1-17(33)24-23(26(38)36-13-15-37(16-14-36)27(39)28(2)11-5-4-6-12-28)35-25(41-24)19-7-9-20(40-3)22-18(19)8-10-21(34-22)29(30,31)32/h7-10,17H,4-6,11-16,33H2,1-3H3/t17-/m0/s1. The average molecular weight is 574 g/mol. The van der Waals surface area contributed by atoms with Gasteiger partial charge in [-0.1, -0.05) is 26.2 Å². The van der Waals surface area contributed by atoms with Gasteiger partial charge in [0.1, 0.15) is 17.0 Å². The quantitative estimate of drug-likeness (QED) is 0.447. The summed E-state index contributed by atoms with van der Waals surface area (Å²) < 4.78 is 51.3. The van der Waals surface area contributed by atoms with E-state index in [1.807, 2.05) is 11.8 Å². The zero-order valence-electron chi connectivity index (χ0n) is 23.4. The molecular weight excluding hydrogens is 539 g/mol. The molecular formula is C29H34F3N5O4. The number of fused-ring (bicyclic) bond motifs is 1. The summed E-state index contributed by atoms with van der Waals surface area (Å²) in [5, 5.41) is 0.317. The van der Waals surface area contributed by atoms with Gasteiger partial charge in [-0.2, -0.15) is 13.2 Å². The van der Waals surface area contributed by atoms with Gasteiger partial charge in [-0.05, 0) is 44.0 Å². The monoisotopic (exact) mass is 573 g/mol. The summed E-state index contributed by atoms with van der Waals surface area (Å²) in [5.41, 5.74) is 5.11. The molecule has 1 atom stereocenters. The van der Waals surface area contributed by atoms with Crippen LogP contribution >= 0.6 is 0 Å². The number of halogens is 3. The Morgan fingerprint density at radius 3 is 2.29 bits per heavy atom. The number of pyridine rings is 1. The lowest BCUT2D eigenvalue weighted by Gasteiger charge is -2.41. The third-order valence-corrected chi connectivity index (χ3v) is 8.16. The van der Waals surface area contributed by atoms with Gasteiger partial charge in [0.2, 0.25) is 11.8 Å². The van der Waals surface area contributed by atoms with E-state index in [9.17, 15) is 22.8 Å². The first-order chi connectivity index (χ1) is 19.4. The summed E-state index contributed by atoms with van der Waals surface area (Å²) in [6.07, 6.45) is 0.401. The second-order valence-corrected chi connectivity index (χ2v) is 11.1. The number of rotatable bonds is 5. The molecule has 0 bridgehead atoms. The largest absolute Gasteiger partial charge is 0.494 e. The number of oxazole rings is 1. The zero-order valence-corrected chi connectivity index (χ0v) is 23.4. The van der Waals surface area contributed by atoms with E-state index in [0.29, 0.717) is 37.1 Å². The van der Waals surface area contributed by atoms with Crippen molar-refractivity contribution in [1.29, 1.82) is 0 Å². The van der Waals surface area contributed by atoms with Gasteiger partial charge in [-0.3, -0.25) is 9.59 Å². The Morgan fingerprint density at radius 2 is 1.68 bits per heavy atom. The molecule has 3 aromatic rings. The van der Waals surface area contributed by atoms with E-state index < -0.39 is 17.9 Å². The first-order valence-corrected chi connectivity index (χ1v) is 13.8. The Balaban J connectivity index is 1.41. The molecule has 9 nitrogen and oxygen atoms in total. The molecule has 12 heteroatoms. The van der Waals surface area contributed by atoms with Crippen molar-refractivity contribution >= 4 is 22.7 Å². The Kier molecular flexibility index (Phi) is 7.71. The van der Waals surface area contributed by atoms with Crippen molar-refractivity contribution in [3.8, 4) is 17.2 Å². The third kappa shape index (κ3) is 5.49. The molecule has 220 valence electrons. The second-order valence-electron chi connectivity index (χ2n) is 11.1. The molecule has 1 aliphatic heterocycles. The number of benzene rings is 1. The maximum absolute atomic E-state index is 13.6. The predicted molar refractivity (Wildman–Crippen MR) is 145 cm³/mol. The first-order valence-electron chi connectivity index (χ1n) is 13.8. The number of nitrogens with zero attached hydrogens (tertiary/aromatic N) is 4. The summed E-state index contributed by atoms with van der Waals surface area (Å²) >= 11 is 0. The van der Waals surface area contributed by atoms with Crippen LogP contribution in [0.1, 0.15) is 73.9 Å². The summed E-state index contributed by atoms with van der Waals surface area (Å²) in [5.74, 6) is 0.132. The third-order valence-electron chi connectivity index (χ3n) is 8.16. The van der Waals surface area contributed by atoms with Crippen molar-refractivity contribution in [3.63, 3.8) is 0 Å². The van der Waals surface area contributed by atoms with Gasteiger partial charge in [0.25, 0.3) is 5.91 Å². The lowest BCUT2D eigenvalue weighted by molar-refractivity contribution is -0.144. The predicted octanol–water partition coefficient (Wildman–Crippen LogP) is 5.19. The van der Waals surface area contributed by atoms with Crippen LogP contribution in [0.4, 0.5) is 13.2 Å². The fourth-order valence-corrected chi connectivity index (χ4v) is 5.80. The number of alkyl halides is 3. The first kappa shape index (κ1) is 28.8. The number of aromatic nitrogens is 2. The molecule has 2 aliphatic rings. The highest BCUT2D eigenvalue weighted by Crippen LogP contribution is 2.39. The minimum Gasteiger partial charge on any atom is -0.494 e. The molecule has 0 spiro atoms. The normalized spacial score (nSPS) is 18.4. The van der Waals surface area contributed by atoms with E-state index in [1.165, 1.54) is 19.2 Å². The lowest BCUT2D eigenvalue weighted by atomic mass is 9.74. The molecule has 41 heavy (non-hydrogen) atoms. The summed E-state index contributed by atoms with van der Waals surface area (Å²) in [7, 11) is 1.34. The highest BCUT2D eigenvalue weighted by Gasteiger charge is 2.39. The maximum Gasteiger partial charge on any atom is 0.433 e. The maximum atomic E-state index is 13.6. The van der Waals surface area contributed by atoms with Crippen molar-refractivity contribution in [2.75, 3.05) is 33.3 Å². The van der Waals surface area contributed by atoms with Gasteiger partial charge in [0.05, 0.1) is 13.2 Å². The van der Waals surface area contributed by atoms with E-state index in [0.717, 1.165) is 38.2 Å². The van der Waals surface area contributed by atoms with Gasteiger partial charge in [-0.15, -0.1) is 0 Å². The number of nitrogens with two attached hydrogens (primary N) is 1. The van der Waals surface area contributed by atoms with Crippen LogP contribution < -0.4 is 10.5 Å². The number of carbonyl (C=O) groups excluding carboxylic acids is 2. The summed E-state index contributed by atoms with van der Waals surface area (Å²) in [6.45, 7) is 5.24. The van der Waals surface area contributed by atoms with Crippen LogP contribution in [0, 0.1) is 5.41 Å². The van der Waals surface area contributed by atoms with Crippen molar-refractivity contribution < 1.29 is 31.9 Å². The number of hydrogen-bond acceptors (Lipinski definition) is 7. The number of amides is 2. The van der Waals surface area contributed by atoms with Crippen LogP contribution in [0.2, 0.25) is 0 Å². The van der Waals surface area contributed by atoms with Crippen LogP contribution in [0.15, 0.2) is 28.7 Å². The Morgan fingerprint density at radius 1 is 1.02 bits per heavy atom. The Bertz CT molecular complexity index is 1450. The molecule has 1 saturated heterocycles. The minimum atomic E-state index is -4.64. The van der Waals surface area contributed by atoms with E-state index in [2.05, 4.69) is 9.97 Å². The van der Waals surface area contributed by atoms with E-state index in [-0.39, 0.29) is 45.8 Å². The smallest absolute Gasteiger partial charge is 0.433 e. The van der Waals surface area contributed by atoms with Crippen LogP contribution in [0.5, 0.6) is 5.75 Å². The number of methoxy groups -OCH3 is 1. The van der Waals surface area contributed by atoms with Crippen LogP contribution in [-0.2, 0) is 11.0 Å². The second kappa shape index (κ2) is 11.0. The van der Waals surface area contributed by atoms with Crippen molar-refractivity contribution in [2.24, 2.45) is 11.1 Å². The number of ether oxygens (including phenoxy) is 1. The molecule has 2 amide bonds. The molecule has 1 saturated carbocycles. The van der Waals surface area contributed by atoms with Crippen molar-refractivity contribution in [3.05, 3.63) is 41.4 Å². The Labute approximate surface area is 235 Å². The minimum absolute atomic E-state index is 0.0132. The van der Waals surface area contributed by atoms with Crippen LogP contribution in [-0.4, -0.2) is 64.9 Å². The summed E-state index contributed by atoms with van der Waals surface area (Å²) in [4.78, 5) is 38.6. The molecule has 3 heterocycles. The molecule has 1 aromatic carbocycles. The highest BCUT2D eigenvalue weighted by molar-refractivity contribution is 5.98. The molecule has 1 aliphatic carbocycles. The fraction of sp³-hybridized carbons (Fsp3) is 0.517. The van der Waals surface area contributed by atoms with E-state index >= 15 is 0 Å². The number of piperazine rings is 1. The van der Waals surface area contributed by atoms with Crippen molar-refractivity contribution in [2.45, 2.75) is 58.2 Å². The SMILES string of the molecule is COc1ccc(-c2nc(C(=O)N3CCN(C(=O)C4(C)CCCCC4)CC3)c([C@H](C)N)o2)c2ccc(C(F)(F)F)nc12.